The van der Waals surface area contributed by atoms with Crippen molar-refractivity contribution in [1.29, 1.82) is 0 Å². The highest BCUT2D eigenvalue weighted by Gasteiger charge is 2.45. The number of unbranched alkanes of at least 4 members (excludes halogenated alkanes) is 2. The van der Waals surface area contributed by atoms with E-state index in [1.807, 2.05) is 6.92 Å². The molecular formula is C13H21F3N4O. The lowest BCUT2D eigenvalue weighted by atomic mass is 10.2. The highest BCUT2D eigenvalue weighted by atomic mass is 19.4. The molecule has 2 rings (SSSR count). The summed E-state index contributed by atoms with van der Waals surface area (Å²) >= 11 is 0. The molecule has 0 amide bonds. The highest BCUT2D eigenvalue weighted by molar-refractivity contribution is 6.00. The number of hydrogen-bond donors (Lipinski definition) is 2. The van der Waals surface area contributed by atoms with Crippen LogP contribution in [0.1, 0.15) is 28.9 Å². The van der Waals surface area contributed by atoms with Crippen molar-refractivity contribution in [3.8, 4) is 0 Å². The average Bonchev–Trinajstić information content (AvgIpc) is 2.92. The second-order valence-electron chi connectivity index (χ2n) is 4.96. The Hall–Kier alpha value is -1.44. The number of aliphatic hydroxyl groups excluding tert-OH is 1. The van der Waals surface area contributed by atoms with Crippen LogP contribution in [0.25, 0.3) is 0 Å². The third-order valence-corrected chi connectivity index (χ3v) is 3.22. The highest BCUT2D eigenvalue weighted by Crippen LogP contribution is 2.28. The molecule has 2 unspecified atom stereocenters. The Morgan fingerprint density at radius 2 is 2.29 bits per heavy atom. The Kier molecular flexibility index (Phi) is 4.13. The normalized spacial score (nSPS) is 27.2. The van der Waals surface area contributed by atoms with Crippen LogP contribution in [-0.2, 0) is 0 Å². The molecule has 5 nitrogen and oxygen atoms in total. The molecule has 0 aromatic rings. The van der Waals surface area contributed by atoms with Crippen LogP contribution < -0.4 is 5.32 Å². The molecular weight excluding hydrogens is 285 g/mol. The second kappa shape index (κ2) is 6.55. The summed E-state index contributed by atoms with van der Waals surface area (Å²) in [7, 11) is 0. The number of nitrogens with zero attached hydrogens (tertiary/aromatic N) is 3. The smallest absolute Gasteiger partial charge is 0.395 e. The summed E-state index contributed by atoms with van der Waals surface area (Å²) in [5, 5.41) is 11.3. The molecule has 0 aromatic carbocycles. The SMILES string of the molecule is [2H]C1=C2NC(C(F)(F)F)N=C2N(CCCCC)C([2H])N1CCO. The van der Waals surface area contributed by atoms with Crippen LogP contribution in [-0.4, -0.2) is 59.4 Å². The van der Waals surface area contributed by atoms with Crippen LogP contribution in [0.3, 0.4) is 0 Å². The van der Waals surface area contributed by atoms with Crippen molar-refractivity contribution in [3.63, 3.8) is 0 Å². The van der Waals surface area contributed by atoms with Crippen LogP contribution in [0.4, 0.5) is 13.2 Å². The minimum absolute atomic E-state index is 0.00637. The number of nitrogens with one attached hydrogen (secondary N) is 1. The lowest BCUT2D eigenvalue weighted by molar-refractivity contribution is -0.150. The molecule has 2 atom stereocenters. The molecule has 120 valence electrons. The minimum atomic E-state index is -4.56. The van der Waals surface area contributed by atoms with Crippen molar-refractivity contribution in [2.75, 3.05) is 26.3 Å². The Morgan fingerprint density at radius 1 is 1.52 bits per heavy atom. The molecule has 0 aliphatic carbocycles. The van der Waals surface area contributed by atoms with Gasteiger partial charge in [0.15, 0.2) is 5.84 Å². The fourth-order valence-corrected chi connectivity index (χ4v) is 2.19. The largest absolute Gasteiger partial charge is 0.429 e. The first-order chi connectivity index (χ1) is 10.8. The lowest BCUT2D eigenvalue weighted by Gasteiger charge is -2.35. The minimum Gasteiger partial charge on any atom is -0.395 e. The van der Waals surface area contributed by atoms with E-state index in [-0.39, 0.29) is 30.9 Å². The molecule has 21 heavy (non-hydrogen) atoms. The van der Waals surface area contributed by atoms with E-state index in [2.05, 4.69) is 10.3 Å². The zero-order valence-electron chi connectivity index (χ0n) is 13.8. The molecule has 0 fully saturated rings. The maximum Gasteiger partial charge on any atom is 0.429 e. The third-order valence-electron chi connectivity index (χ3n) is 3.22. The van der Waals surface area contributed by atoms with Gasteiger partial charge in [-0.05, 0) is 6.42 Å². The van der Waals surface area contributed by atoms with E-state index < -0.39 is 19.0 Å². The number of β-amino-alcohol motifs (C(OH)–C–C–N with tert-alkyl or cyclic N) is 1. The van der Waals surface area contributed by atoms with Gasteiger partial charge in [0.2, 0.25) is 6.17 Å². The van der Waals surface area contributed by atoms with E-state index in [9.17, 15) is 13.2 Å². The van der Waals surface area contributed by atoms with Gasteiger partial charge in [-0.15, -0.1) is 0 Å². The van der Waals surface area contributed by atoms with Crippen molar-refractivity contribution >= 4 is 5.84 Å². The average molecular weight is 308 g/mol. The van der Waals surface area contributed by atoms with E-state index in [1.54, 1.807) is 0 Å². The Labute approximate surface area is 124 Å². The van der Waals surface area contributed by atoms with Gasteiger partial charge in [0, 0.05) is 19.3 Å². The first-order valence-electron chi connectivity index (χ1n) is 8.07. The molecule has 2 aliphatic heterocycles. The number of aliphatic imine (C=N–C) groups is 1. The second-order valence-corrected chi connectivity index (χ2v) is 4.96. The van der Waals surface area contributed by atoms with Crippen molar-refractivity contribution in [2.45, 2.75) is 38.5 Å². The predicted molar refractivity (Wildman–Crippen MR) is 73.4 cm³/mol. The lowest BCUT2D eigenvalue weighted by Crippen LogP contribution is -2.46. The fourth-order valence-electron chi connectivity index (χ4n) is 2.19. The van der Waals surface area contributed by atoms with Gasteiger partial charge < -0.3 is 20.2 Å². The van der Waals surface area contributed by atoms with Gasteiger partial charge in [0.1, 0.15) is 0 Å². The van der Waals surface area contributed by atoms with Gasteiger partial charge in [0.25, 0.3) is 0 Å². The Bertz CT molecular complexity index is 498. The van der Waals surface area contributed by atoms with Crippen LogP contribution in [0.2, 0.25) is 0 Å². The van der Waals surface area contributed by atoms with Crippen LogP contribution in [0.5, 0.6) is 0 Å². The number of fused-ring (bicyclic) bond motifs is 1. The molecule has 2 heterocycles. The van der Waals surface area contributed by atoms with E-state index >= 15 is 0 Å². The van der Waals surface area contributed by atoms with Crippen molar-refractivity contribution in [1.82, 2.24) is 15.1 Å². The topological polar surface area (TPSA) is 51.1 Å². The Morgan fingerprint density at radius 3 is 2.90 bits per heavy atom. The van der Waals surface area contributed by atoms with Gasteiger partial charge in [-0.1, -0.05) is 19.8 Å². The summed E-state index contributed by atoms with van der Waals surface area (Å²) in [5.41, 5.74) is -0.0271. The number of halogens is 3. The summed E-state index contributed by atoms with van der Waals surface area (Å²) in [6.45, 7) is 1.04. The molecule has 2 N–H and O–H groups in total. The summed E-state index contributed by atoms with van der Waals surface area (Å²) in [6, 6.07) is 0. The predicted octanol–water partition coefficient (Wildman–Crippen LogP) is 1.48. The van der Waals surface area contributed by atoms with Crippen LogP contribution in [0.15, 0.2) is 16.9 Å². The fraction of sp³-hybridized carbons (Fsp3) is 0.769. The summed E-state index contributed by atoms with van der Waals surface area (Å²) in [6.07, 6.45) is -4.35. The van der Waals surface area contributed by atoms with Gasteiger partial charge in [-0.3, -0.25) is 0 Å². The van der Waals surface area contributed by atoms with Crippen molar-refractivity contribution < 1.29 is 21.0 Å². The van der Waals surface area contributed by atoms with Crippen molar-refractivity contribution in [2.24, 2.45) is 4.99 Å². The first-order valence-corrected chi connectivity index (χ1v) is 7.00. The van der Waals surface area contributed by atoms with Crippen LogP contribution >= 0.6 is 0 Å². The molecule has 0 bridgehead atoms. The molecule has 2 aliphatic rings. The molecule has 0 saturated heterocycles. The summed E-state index contributed by atoms with van der Waals surface area (Å²) < 4.78 is 55.0. The number of alkyl halides is 3. The van der Waals surface area contributed by atoms with E-state index in [1.165, 1.54) is 9.80 Å². The first kappa shape index (κ1) is 13.2. The van der Waals surface area contributed by atoms with Crippen LogP contribution in [0, 0.1) is 0 Å². The Balaban J connectivity index is 2.33. The molecule has 0 saturated carbocycles. The third kappa shape index (κ3) is 3.81. The zero-order chi connectivity index (χ0) is 17.2. The van der Waals surface area contributed by atoms with Gasteiger partial charge in [0.05, 0.1) is 21.7 Å². The number of rotatable bonds is 6. The van der Waals surface area contributed by atoms with Gasteiger partial charge >= 0.3 is 6.18 Å². The molecule has 0 spiro atoms. The zero-order valence-corrected chi connectivity index (χ0v) is 11.8. The van der Waals surface area contributed by atoms with E-state index in [0.717, 1.165) is 19.3 Å². The van der Waals surface area contributed by atoms with Gasteiger partial charge in [-0.25, -0.2) is 4.99 Å². The molecule has 0 radical (unpaired) electrons. The molecule has 0 aromatic heterocycles. The maximum absolute atomic E-state index is 12.9. The number of hydrogen-bond acceptors (Lipinski definition) is 5. The standard InChI is InChI=1S/C13H21F3N4O/c1-2-3-4-5-20-9-19(6-7-21)8-10-11(20)18-12(17-10)13(14,15)16/h8,12,17,21H,2-7,9H2,1H3/i8D,9D. The monoisotopic (exact) mass is 308 g/mol. The summed E-state index contributed by atoms with van der Waals surface area (Å²) in [5.74, 6) is 0.0163. The van der Waals surface area contributed by atoms with Crippen molar-refractivity contribution in [3.05, 3.63) is 11.9 Å². The molecule has 8 heteroatoms. The maximum atomic E-state index is 12.9. The number of amidine groups is 1. The van der Waals surface area contributed by atoms with Gasteiger partial charge in [-0.2, -0.15) is 13.2 Å². The summed E-state index contributed by atoms with van der Waals surface area (Å²) in [4.78, 5) is 6.37. The van der Waals surface area contributed by atoms with E-state index in [4.69, 9.17) is 7.85 Å². The van der Waals surface area contributed by atoms with E-state index in [0.29, 0.717) is 6.54 Å². The quantitative estimate of drug-likeness (QED) is 0.730. The number of aliphatic hydroxyl groups is 1.